The smallest absolute Gasteiger partial charge is 0.219 e. The average molecular weight is 667 g/mol. The van der Waals surface area contributed by atoms with Crippen molar-refractivity contribution in [3.63, 3.8) is 0 Å². The van der Waals surface area contributed by atoms with E-state index >= 15 is 0 Å². The first-order valence-corrected chi connectivity index (χ1v) is 15.0. The van der Waals surface area contributed by atoms with Gasteiger partial charge in [0.2, 0.25) is 11.6 Å². The van der Waals surface area contributed by atoms with Crippen LogP contribution in [0.25, 0.3) is 11.8 Å². The summed E-state index contributed by atoms with van der Waals surface area (Å²) in [4.78, 5) is 20.0. The van der Waals surface area contributed by atoms with Gasteiger partial charge < -0.3 is 25.2 Å². The highest BCUT2D eigenvalue weighted by Crippen LogP contribution is 2.37. The molecule has 1 aliphatic heterocycles. The number of rotatable bonds is 9. The number of Topliss-reactive ketones (excluding diaryl/α,β-unsaturated/α-hetero) is 1. The van der Waals surface area contributed by atoms with Crippen LogP contribution in [0.4, 0.5) is 14.6 Å². The van der Waals surface area contributed by atoms with Gasteiger partial charge in [0.25, 0.3) is 0 Å². The largest absolute Gasteiger partial charge is 0.489 e. The zero-order valence-electron chi connectivity index (χ0n) is 23.9. The first-order chi connectivity index (χ1) is 21.2. The summed E-state index contributed by atoms with van der Waals surface area (Å²) in [6.07, 6.45) is 6.97. The summed E-state index contributed by atoms with van der Waals surface area (Å²) in [6.45, 7) is 4.34. The van der Waals surface area contributed by atoms with Crippen LogP contribution in [0, 0.1) is 18.6 Å². The van der Waals surface area contributed by atoms with Crippen LogP contribution in [0.2, 0.25) is 0 Å². The number of para-hydroxylation sites is 1. The van der Waals surface area contributed by atoms with Gasteiger partial charge in [-0.25, -0.2) is 18.4 Å². The number of aromatic nitrogens is 3. The van der Waals surface area contributed by atoms with Gasteiger partial charge in [-0.1, -0.05) is 6.07 Å². The number of aliphatic hydroxyl groups is 1. The van der Waals surface area contributed by atoms with Crippen molar-refractivity contribution in [3.8, 4) is 23.1 Å². The molecule has 1 fully saturated rings. The predicted octanol–water partition coefficient (Wildman–Crippen LogP) is 5.65. The van der Waals surface area contributed by atoms with Crippen LogP contribution in [-0.4, -0.2) is 62.9 Å². The Balaban J connectivity index is 1.17. The Morgan fingerprint density at radius 3 is 2.61 bits per heavy atom. The van der Waals surface area contributed by atoms with Crippen LogP contribution < -0.4 is 15.2 Å². The van der Waals surface area contributed by atoms with Crippen LogP contribution in [0.1, 0.15) is 39.9 Å². The van der Waals surface area contributed by atoms with Crippen LogP contribution >= 0.6 is 15.9 Å². The first-order valence-electron chi connectivity index (χ1n) is 14.2. The maximum Gasteiger partial charge on any atom is 0.219 e. The number of nitrogens with two attached hydrogens (primary N) is 1. The standard InChI is InChI=1S/C32H30BrF2N5O4/c1-18-11-29(44-31-25(34)3-2-4-26(31)35)37-17-27(18)40-32(36)23(16-38-40)30(42)21-12-19-14-24(33)28(15-20(19)13-21)43-22-5-7-39(8-6-22)9-10-41/h2-4,11,13-17,22,41H,5-10,12,36H2,1H3. The minimum atomic E-state index is -0.844. The number of allylic oxidation sites excluding steroid dienone is 1. The normalized spacial score (nSPS) is 15.2. The lowest BCUT2D eigenvalue weighted by Crippen LogP contribution is -2.39. The molecule has 4 aromatic rings. The van der Waals surface area contributed by atoms with Crippen LogP contribution in [0.3, 0.4) is 0 Å². The number of hydrogen-bond donors (Lipinski definition) is 2. The van der Waals surface area contributed by atoms with Gasteiger partial charge in [-0.05, 0) is 82.7 Å². The van der Waals surface area contributed by atoms with Crippen LogP contribution in [0.15, 0.2) is 58.8 Å². The van der Waals surface area contributed by atoms with Gasteiger partial charge in [-0.15, -0.1) is 0 Å². The Kier molecular flexibility index (Phi) is 8.48. The minimum Gasteiger partial charge on any atom is -0.489 e. The van der Waals surface area contributed by atoms with E-state index in [1.54, 1.807) is 6.92 Å². The molecule has 12 heteroatoms. The Morgan fingerprint density at radius 2 is 1.91 bits per heavy atom. The van der Waals surface area contributed by atoms with E-state index in [-0.39, 0.29) is 35.8 Å². The Bertz CT molecular complexity index is 1750. The lowest BCUT2D eigenvalue weighted by molar-refractivity contribution is 0.0884. The number of carbonyl (C=O) groups excluding carboxylic acids is 1. The molecule has 2 aliphatic rings. The lowest BCUT2D eigenvalue weighted by Gasteiger charge is -2.31. The molecule has 3 N–H and O–H groups in total. The SMILES string of the molecule is Cc1cc(Oc2c(F)cccc2F)ncc1-n1ncc(C(=O)C2=Cc3cc(OC4CCN(CCO)CC4)c(Br)cc3C2)c1N. The fourth-order valence-electron chi connectivity index (χ4n) is 5.53. The minimum absolute atomic E-state index is 0.00665. The highest BCUT2D eigenvalue weighted by molar-refractivity contribution is 9.10. The number of ether oxygens (including phenoxy) is 2. The number of ketones is 1. The number of likely N-dealkylation sites (tertiary alicyclic amines) is 1. The zero-order chi connectivity index (χ0) is 31.0. The molecule has 1 aliphatic carbocycles. The van der Waals surface area contributed by atoms with Gasteiger partial charge in [0.1, 0.15) is 17.7 Å². The summed E-state index contributed by atoms with van der Waals surface area (Å²) in [7, 11) is 0. The number of benzene rings is 2. The van der Waals surface area contributed by atoms with Crippen molar-refractivity contribution >= 4 is 33.6 Å². The quantitative estimate of drug-likeness (QED) is 0.221. The van der Waals surface area contributed by atoms with E-state index in [4.69, 9.17) is 15.2 Å². The number of hydrogen-bond acceptors (Lipinski definition) is 8. The third-order valence-electron chi connectivity index (χ3n) is 7.90. The number of aliphatic hydroxyl groups excluding tert-OH is 1. The molecule has 228 valence electrons. The lowest BCUT2D eigenvalue weighted by atomic mass is 10.0. The van der Waals surface area contributed by atoms with Crippen molar-refractivity contribution in [1.82, 2.24) is 19.7 Å². The van der Waals surface area contributed by atoms with E-state index in [2.05, 4.69) is 30.9 Å². The number of pyridine rings is 1. The number of halogens is 3. The van der Waals surface area contributed by atoms with E-state index < -0.39 is 17.4 Å². The van der Waals surface area contributed by atoms with Gasteiger partial charge in [-0.2, -0.15) is 5.10 Å². The van der Waals surface area contributed by atoms with E-state index in [0.29, 0.717) is 29.8 Å². The Morgan fingerprint density at radius 1 is 1.16 bits per heavy atom. The molecule has 44 heavy (non-hydrogen) atoms. The van der Waals surface area contributed by atoms with Crippen LogP contribution in [-0.2, 0) is 6.42 Å². The summed E-state index contributed by atoms with van der Waals surface area (Å²) >= 11 is 3.63. The maximum atomic E-state index is 14.0. The number of fused-ring (bicyclic) bond motifs is 1. The molecule has 3 heterocycles. The van der Waals surface area contributed by atoms with Gasteiger partial charge >= 0.3 is 0 Å². The topological polar surface area (TPSA) is 116 Å². The molecule has 0 bridgehead atoms. The molecule has 0 saturated carbocycles. The fraction of sp³-hybridized carbons (Fsp3) is 0.281. The average Bonchev–Trinajstić information content (AvgIpc) is 3.59. The number of anilines is 1. The summed E-state index contributed by atoms with van der Waals surface area (Å²) in [5.74, 6) is -1.60. The second-order valence-corrected chi connectivity index (χ2v) is 11.7. The Labute approximate surface area is 261 Å². The molecule has 0 amide bonds. The molecule has 1 saturated heterocycles. The van der Waals surface area contributed by atoms with E-state index in [1.165, 1.54) is 29.2 Å². The zero-order valence-corrected chi connectivity index (χ0v) is 25.5. The van der Waals surface area contributed by atoms with Crippen molar-refractivity contribution in [2.75, 3.05) is 32.0 Å². The van der Waals surface area contributed by atoms with E-state index in [9.17, 15) is 18.7 Å². The molecule has 2 aromatic heterocycles. The highest BCUT2D eigenvalue weighted by atomic mass is 79.9. The molecule has 0 spiro atoms. The summed E-state index contributed by atoms with van der Waals surface area (Å²) in [6, 6.07) is 8.89. The summed E-state index contributed by atoms with van der Waals surface area (Å²) < 4.78 is 41.9. The fourth-order valence-corrected chi connectivity index (χ4v) is 6.02. The number of nitrogen functional groups attached to an aromatic ring is 1. The molecule has 2 aromatic carbocycles. The highest BCUT2D eigenvalue weighted by Gasteiger charge is 2.27. The number of piperidine rings is 1. The van der Waals surface area contributed by atoms with Crippen LogP contribution in [0.5, 0.6) is 17.4 Å². The van der Waals surface area contributed by atoms with Gasteiger partial charge in [0.15, 0.2) is 17.4 Å². The second kappa shape index (κ2) is 12.5. The number of β-amino-alcohol motifs (C(OH)–C–C–N with tert-alkyl or cyclic N) is 1. The van der Waals surface area contributed by atoms with Crippen molar-refractivity contribution in [1.29, 1.82) is 0 Å². The third kappa shape index (κ3) is 5.97. The number of carbonyl (C=O) groups is 1. The monoisotopic (exact) mass is 665 g/mol. The van der Waals surface area contributed by atoms with Crippen molar-refractivity contribution < 1.29 is 28.2 Å². The summed E-state index contributed by atoms with van der Waals surface area (Å²) in [5, 5.41) is 13.5. The van der Waals surface area contributed by atoms with Crippen molar-refractivity contribution in [3.05, 3.63) is 92.7 Å². The van der Waals surface area contributed by atoms with Gasteiger partial charge in [-0.3, -0.25) is 4.79 Å². The third-order valence-corrected chi connectivity index (χ3v) is 8.52. The molecule has 0 radical (unpaired) electrons. The molecule has 0 unspecified atom stereocenters. The summed E-state index contributed by atoms with van der Waals surface area (Å²) in [5.41, 5.74) is 10.3. The maximum absolute atomic E-state index is 14.0. The number of aryl methyl sites for hydroxylation is 1. The molecule has 0 atom stereocenters. The molecule has 9 nitrogen and oxygen atoms in total. The second-order valence-electron chi connectivity index (χ2n) is 10.9. The number of nitrogens with zero attached hydrogens (tertiary/aromatic N) is 4. The van der Waals surface area contributed by atoms with E-state index in [0.717, 1.165) is 59.4 Å². The Hall–Kier alpha value is -4.13. The van der Waals surface area contributed by atoms with Gasteiger partial charge in [0.05, 0.1) is 34.7 Å². The predicted molar refractivity (Wildman–Crippen MR) is 164 cm³/mol. The molecular weight excluding hydrogens is 636 g/mol. The first kappa shape index (κ1) is 29.9. The van der Waals surface area contributed by atoms with Crippen molar-refractivity contribution in [2.24, 2.45) is 0 Å². The van der Waals surface area contributed by atoms with Gasteiger partial charge in [0, 0.05) is 37.7 Å². The molecule has 6 rings (SSSR count). The van der Waals surface area contributed by atoms with E-state index in [1.807, 2.05) is 18.2 Å². The van der Waals surface area contributed by atoms with Crippen molar-refractivity contribution in [2.45, 2.75) is 32.3 Å². The molecular formula is C32H30BrF2N5O4.